The van der Waals surface area contributed by atoms with Crippen LogP contribution in [-0.4, -0.2) is 34.3 Å². The van der Waals surface area contributed by atoms with E-state index in [4.69, 9.17) is 11.6 Å². The van der Waals surface area contributed by atoms with Crippen LogP contribution >= 0.6 is 23.4 Å². The molecule has 0 aliphatic carbocycles. The number of nitrogens with one attached hydrogen (secondary N) is 1. The highest BCUT2D eigenvalue weighted by atomic mass is 35.5. The van der Waals surface area contributed by atoms with Crippen molar-refractivity contribution >= 4 is 40.9 Å². The summed E-state index contributed by atoms with van der Waals surface area (Å²) in [6.07, 6.45) is 1.42. The molecule has 1 aromatic heterocycles. The first-order valence-corrected chi connectivity index (χ1v) is 7.66. The molecule has 0 aliphatic heterocycles. The predicted molar refractivity (Wildman–Crippen MR) is 85.4 cm³/mol. The van der Waals surface area contributed by atoms with Gasteiger partial charge in [-0.3, -0.25) is 4.79 Å². The normalized spacial score (nSPS) is 10.3. The van der Waals surface area contributed by atoms with Gasteiger partial charge in [-0.15, -0.1) is 0 Å². The molecule has 0 bridgehead atoms. The molecule has 0 saturated heterocycles. The summed E-state index contributed by atoms with van der Waals surface area (Å²) in [5, 5.41) is 3.85. The molecule has 0 radical (unpaired) electrons. The summed E-state index contributed by atoms with van der Waals surface area (Å²) in [5.41, 5.74) is 0.966. The van der Waals surface area contributed by atoms with Crippen molar-refractivity contribution < 1.29 is 14.3 Å². The fourth-order valence-electron chi connectivity index (χ4n) is 1.71. The van der Waals surface area contributed by atoms with Crippen molar-refractivity contribution in [1.82, 2.24) is 9.55 Å². The van der Waals surface area contributed by atoms with Crippen molar-refractivity contribution in [3.63, 3.8) is 0 Å². The number of carbonyl (C=O) groups excluding carboxylic acids is 2. The third-order valence-corrected chi connectivity index (χ3v) is 4.06. The Bertz CT molecular complexity index is 702. The van der Waals surface area contributed by atoms with E-state index in [1.165, 1.54) is 25.1 Å². The minimum absolute atomic E-state index is 0.165. The minimum Gasteiger partial charge on any atom is -0.464 e. The van der Waals surface area contributed by atoms with Gasteiger partial charge in [0.1, 0.15) is 5.69 Å². The maximum absolute atomic E-state index is 11.9. The van der Waals surface area contributed by atoms with E-state index in [-0.39, 0.29) is 11.7 Å². The first-order chi connectivity index (χ1) is 10.5. The smallest absolute Gasteiger partial charge is 0.356 e. The van der Waals surface area contributed by atoms with E-state index in [1.807, 2.05) is 0 Å². The van der Waals surface area contributed by atoms with Crippen LogP contribution in [0.3, 0.4) is 0 Å². The van der Waals surface area contributed by atoms with Gasteiger partial charge in [0.05, 0.1) is 19.1 Å². The summed E-state index contributed by atoms with van der Waals surface area (Å²) < 4.78 is 6.23. The zero-order chi connectivity index (χ0) is 16.1. The number of carbonyl (C=O) groups is 2. The summed E-state index contributed by atoms with van der Waals surface area (Å²) in [7, 11) is 3.00. The Labute approximate surface area is 136 Å². The minimum atomic E-state index is -0.467. The SMILES string of the molecule is COC(=O)c1cnc(SCC(=O)Nc2cccc(Cl)c2)n1C. The molecule has 6 nitrogen and oxygen atoms in total. The number of ether oxygens (including phenoxy) is 1. The third-order valence-electron chi connectivity index (χ3n) is 2.78. The van der Waals surface area contributed by atoms with Crippen molar-refractivity contribution in [2.24, 2.45) is 7.05 Å². The largest absolute Gasteiger partial charge is 0.464 e. The van der Waals surface area contributed by atoms with E-state index in [1.54, 1.807) is 35.9 Å². The van der Waals surface area contributed by atoms with Crippen LogP contribution in [0.5, 0.6) is 0 Å². The van der Waals surface area contributed by atoms with Crippen LogP contribution in [0.15, 0.2) is 35.6 Å². The zero-order valence-corrected chi connectivity index (χ0v) is 13.6. The molecule has 2 aromatic rings. The van der Waals surface area contributed by atoms with E-state index in [0.717, 1.165) is 0 Å². The fourth-order valence-corrected chi connectivity index (χ4v) is 2.66. The number of rotatable bonds is 5. The predicted octanol–water partition coefficient (Wildman–Crippen LogP) is 2.59. The molecule has 1 amide bonds. The van der Waals surface area contributed by atoms with E-state index >= 15 is 0 Å². The molecule has 1 heterocycles. The lowest BCUT2D eigenvalue weighted by Gasteiger charge is -2.06. The molecule has 0 unspecified atom stereocenters. The highest BCUT2D eigenvalue weighted by Gasteiger charge is 2.15. The van der Waals surface area contributed by atoms with E-state index in [2.05, 4.69) is 15.0 Å². The molecular formula is C14H14ClN3O3S. The van der Waals surface area contributed by atoms with Crippen molar-refractivity contribution in [2.75, 3.05) is 18.2 Å². The van der Waals surface area contributed by atoms with Gasteiger partial charge in [0.15, 0.2) is 5.16 Å². The lowest BCUT2D eigenvalue weighted by atomic mass is 10.3. The Morgan fingerprint density at radius 3 is 2.91 bits per heavy atom. The standard InChI is InChI=1S/C14H14ClN3O3S/c1-18-11(13(20)21-2)7-16-14(18)22-8-12(19)17-10-5-3-4-9(15)6-10/h3-7H,8H2,1-2H3,(H,17,19). The number of imidazole rings is 1. The van der Waals surface area contributed by atoms with Gasteiger partial charge in [-0.25, -0.2) is 9.78 Å². The summed E-state index contributed by atoms with van der Waals surface area (Å²) in [6, 6.07) is 6.91. The number of aromatic nitrogens is 2. The van der Waals surface area contributed by atoms with Crippen LogP contribution in [-0.2, 0) is 16.6 Å². The molecule has 2 rings (SSSR count). The van der Waals surface area contributed by atoms with Crippen molar-refractivity contribution in [1.29, 1.82) is 0 Å². The van der Waals surface area contributed by atoms with Gasteiger partial charge in [-0.2, -0.15) is 0 Å². The van der Waals surface area contributed by atoms with Crippen molar-refractivity contribution in [3.05, 3.63) is 41.2 Å². The highest BCUT2D eigenvalue weighted by Crippen LogP contribution is 2.19. The zero-order valence-electron chi connectivity index (χ0n) is 12.0. The monoisotopic (exact) mass is 339 g/mol. The first-order valence-electron chi connectivity index (χ1n) is 6.29. The van der Waals surface area contributed by atoms with Crippen LogP contribution in [0.2, 0.25) is 5.02 Å². The highest BCUT2D eigenvalue weighted by molar-refractivity contribution is 7.99. The molecular weight excluding hydrogens is 326 g/mol. The van der Waals surface area contributed by atoms with Gasteiger partial charge in [0.2, 0.25) is 5.91 Å². The summed E-state index contributed by atoms with van der Waals surface area (Å²) in [6.45, 7) is 0. The quantitative estimate of drug-likeness (QED) is 0.669. The van der Waals surface area contributed by atoms with Gasteiger partial charge in [-0.1, -0.05) is 29.4 Å². The van der Waals surface area contributed by atoms with E-state index in [9.17, 15) is 9.59 Å². The van der Waals surface area contributed by atoms with Gasteiger partial charge in [0.25, 0.3) is 0 Å². The molecule has 0 fully saturated rings. The van der Waals surface area contributed by atoms with Crippen molar-refractivity contribution in [3.8, 4) is 0 Å². The molecule has 0 saturated carbocycles. The molecule has 116 valence electrons. The molecule has 1 N–H and O–H groups in total. The number of halogens is 1. The Morgan fingerprint density at radius 2 is 2.23 bits per heavy atom. The molecule has 8 heteroatoms. The van der Waals surface area contributed by atoms with Gasteiger partial charge >= 0.3 is 5.97 Å². The van der Waals surface area contributed by atoms with Crippen LogP contribution < -0.4 is 5.32 Å². The number of amides is 1. The number of anilines is 1. The summed E-state index contributed by atoms with van der Waals surface area (Å²) in [5.74, 6) is -0.488. The number of methoxy groups -OCH3 is 1. The Hall–Kier alpha value is -1.99. The van der Waals surface area contributed by atoms with E-state index < -0.39 is 5.97 Å². The number of thioether (sulfide) groups is 1. The van der Waals surface area contributed by atoms with E-state index in [0.29, 0.717) is 21.6 Å². The van der Waals surface area contributed by atoms with Gasteiger partial charge in [0, 0.05) is 17.8 Å². The summed E-state index contributed by atoms with van der Waals surface area (Å²) >= 11 is 7.08. The number of hydrogen-bond acceptors (Lipinski definition) is 5. The third kappa shape index (κ3) is 4.02. The average Bonchev–Trinajstić information content (AvgIpc) is 2.85. The Kier molecular flexibility index (Phi) is 5.46. The van der Waals surface area contributed by atoms with Crippen molar-refractivity contribution in [2.45, 2.75) is 5.16 Å². The van der Waals surface area contributed by atoms with Crippen LogP contribution in [0.4, 0.5) is 5.69 Å². The number of esters is 1. The van der Waals surface area contributed by atoms with Gasteiger partial charge < -0.3 is 14.6 Å². The Balaban J connectivity index is 1.94. The number of hydrogen-bond donors (Lipinski definition) is 1. The molecule has 0 atom stereocenters. The van der Waals surface area contributed by atoms with Crippen LogP contribution in [0.25, 0.3) is 0 Å². The van der Waals surface area contributed by atoms with Gasteiger partial charge in [-0.05, 0) is 18.2 Å². The molecule has 1 aromatic carbocycles. The second kappa shape index (κ2) is 7.33. The fraction of sp³-hybridized carbons (Fsp3) is 0.214. The maximum Gasteiger partial charge on any atom is 0.356 e. The number of benzene rings is 1. The first kappa shape index (κ1) is 16.4. The van der Waals surface area contributed by atoms with Crippen LogP contribution in [0.1, 0.15) is 10.5 Å². The number of nitrogens with zero attached hydrogens (tertiary/aromatic N) is 2. The molecule has 0 aliphatic rings. The summed E-state index contributed by atoms with van der Waals surface area (Å²) in [4.78, 5) is 27.5. The molecule has 22 heavy (non-hydrogen) atoms. The maximum atomic E-state index is 11.9. The topological polar surface area (TPSA) is 73.2 Å². The average molecular weight is 340 g/mol. The van der Waals surface area contributed by atoms with Crippen LogP contribution in [0, 0.1) is 0 Å². The second-order valence-electron chi connectivity index (χ2n) is 4.32. The Morgan fingerprint density at radius 1 is 1.45 bits per heavy atom. The lowest BCUT2D eigenvalue weighted by Crippen LogP contribution is -2.14. The lowest BCUT2D eigenvalue weighted by molar-refractivity contribution is -0.113. The molecule has 0 spiro atoms. The second-order valence-corrected chi connectivity index (χ2v) is 5.70.